The zero-order valence-corrected chi connectivity index (χ0v) is 17.8. The molecule has 1 N–H and O–H groups in total. The van der Waals surface area contributed by atoms with E-state index in [1.807, 2.05) is 12.1 Å². The molecule has 32 heavy (non-hydrogen) atoms. The Labute approximate surface area is 187 Å². The minimum atomic E-state index is -0.924. The van der Waals surface area contributed by atoms with Gasteiger partial charge in [-0.3, -0.25) is 4.79 Å². The van der Waals surface area contributed by atoms with Crippen LogP contribution in [0.1, 0.15) is 16.1 Å². The molecule has 0 saturated heterocycles. The molecule has 0 aliphatic heterocycles. The molecule has 1 amide bonds. The lowest BCUT2D eigenvalue weighted by atomic mass is 10.2. The Balaban J connectivity index is 1.48. The molecular formula is C24H18F2N2O3S. The Morgan fingerprint density at radius 1 is 1.03 bits per heavy atom. The van der Waals surface area contributed by atoms with E-state index in [0.29, 0.717) is 33.3 Å². The highest BCUT2D eigenvalue weighted by atomic mass is 32.1. The van der Waals surface area contributed by atoms with Gasteiger partial charge in [0.1, 0.15) is 28.8 Å². The zero-order valence-electron chi connectivity index (χ0n) is 17.0. The summed E-state index contributed by atoms with van der Waals surface area (Å²) in [6.07, 6.45) is 0. The molecule has 162 valence electrons. The molecule has 0 radical (unpaired) electrons. The first-order valence-corrected chi connectivity index (χ1v) is 10.5. The maximum Gasteiger partial charge on any atom is 0.275 e. The van der Waals surface area contributed by atoms with Crippen molar-refractivity contribution in [1.82, 2.24) is 4.98 Å². The molecule has 8 heteroatoms. The minimum absolute atomic E-state index is 0.0599. The number of methoxy groups -OCH3 is 1. The number of nitrogens with one attached hydrogen (secondary N) is 1. The highest BCUT2D eigenvalue weighted by Gasteiger charge is 2.15. The number of hydrogen-bond donors (Lipinski definition) is 1. The Hall–Kier alpha value is -3.78. The third kappa shape index (κ3) is 4.92. The predicted octanol–water partition coefficient (Wildman–Crippen LogP) is 5.93. The number of ether oxygens (including phenoxy) is 2. The summed E-state index contributed by atoms with van der Waals surface area (Å²) in [5.41, 5.74) is 2.10. The van der Waals surface area contributed by atoms with Crippen molar-refractivity contribution < 1.29 is 23.0 Å². The molecule has 0 bridgehead atoms. The lowest BCUT2D eigenvalue weighted by Gasteiger charge is -2.10. The van der Waals surface area contributed by atoms with E-state index < -0.39 is 11.6 Å². The third-order valence-corrected chi connectivity index (χ3v) is 5.46. The summed E-state index contributed by atoms with van der Waals surface area (Å²) < 4.78 is 37.5. The van der Waals surface area contributed by atoms with E-state index in [4.69, 9.17) is 9.47 Å². The first-order chi connectivity index (χ1) is 15.5. The molecule has 0 saturated carbocycles. The van der Waals surface area contributed by atoms with Crippen molar-refractivity contribution in [3.63, 3.8) is 0 Å². The quantitative estimate of drug-likeness (QED) is 0.378. The summed E-state index contributed by atoms with van der Waals surface area (Å²) in [6, 6.07) is 17.8. The van der Waals surface area contributed by atoms with E-state index in [9.17, 15) is 13.6 Å². The van der Waals surface area contributed by atoms with Gasteiger partial charge in [-0.2, -0.15) is 0 Å². The van der Waals surface area contributed by atoms with Gasteiger partial charge >= 0.3 is 0 Å². The zero-order chi connectivity index (χ0) is 22.5. The molecule has 0 fully saturated rings. The van der Waals surface area contributed by atoms with Gasteiger partial charge in [0.25, 0.3) is 5.91 Å². The summed E-state index contributed by atoms with van der Waals surface area (Å²) >= 11 is 1.31. The lowest BCUT2D eigenvalue weighted by Crippen LogP contribution is -2.12. The van der Waals surface area contributed by atoms with E-state index in [1.54, 1.807) is 48.9 Å². The Morgan fingerprint density at radius 2 is 1.81 bits per heavy atom. The third-order valence-electron chi connectivity index (χ3n) is 4.58. The fraction of sp³-hybridized carbons (Fsp3) is 0.0833. The molecule has 3 aromatic carbocycles. The Kier molecular flexibility index (Phi) is 6.42. The van der Waals surface area contributed by atoms with Gasteiger partial charge in [-0.05, 0) is 54.1 Å². The molecule has 1 heterocycles. The fourth-order valence-corrected chi connectivity index (χ4v) is 3.76. The van der Waals surface area contributed by atoms with Crippen LogP contribution in [0.25, 0.3) is 10.6 Å². The van der Waals surface area contributed by atoms with Crippen molar-refractivity contribution in [2.24, 2.45) is 0 Å². The molecule has 4 aromatic rings. The Bertz CT molecular complexity index is 1240. The number of carbonyl (C=O) groups is 1. The molecule has 0 spiro atoms. The summed E-state index contributed by atoms with van der Waals surface area (Å²) in [6.45, 7) is 0.0599. The van der Waals surface area contributed by atoms with Crippen LogP contribution in [0.4, 0.5) is 14.5 Å². The van der Waals surface area contributed by atoms with Crippen molar-refractivity contribution in [2.45, 2.75) is 6.61 Å². The average Bonchev–Trinajstić information content (AvgIpc) is 3.31. The van der Waals surface area contributed by atoms with Crippen LogP contribution < -0.4 is 14.8 Å². The van der Waals surface area contributed by atoms with Crippen LogP contribution in [0.15, 0.2) is 72.1 Å². The first kappa shape index (κ1) is 21.5. The molecule has 5 nitrogen and oxygen atoms in total. The van der Waals surface area contributed by atoms with E-state index in [-0.39, 0.29) is 18.2 Å². The number of aromatic nitrogens is 1. The van der Waals surface area contributed by atoms with Crippen molar-refractivity contribution in [3.8, 4) is 22.1 Å². The number of thiazole rings is 1. The van der Waals surface area contributed by atoms with Gasteiger partial charge in [-0.15, -0.1) is 11.3 Å². The molecule has 0 aliphatic rings. The predicted molar refractivity (Wildman–Crippen MR) is 119 cm³/mol. The van der Waals surface area contributed by atoms with Crippen molar-refractivity contribution in [3.05, 3.63) is 95.0 Å². The number of carbonyl (C=O) groups excluding carboxylic acids is 1. The molecule has 4 rings (SSSR count). The van der Waals surface area contributed by atoms with Crippen LogP contribution in [0.5, 0.6) is 11.5 Å². The average molecular weight is 452 g/mol. The summed E-state index contributed by atoms with van der Waals surface area (Å²) in [4.78, 5) is 17.0. The normalized spacial score (nSPS) is 10.6. The number of amides is 1. The molecule has 0 unspecified atom stereocenters. The van der Waals surface area contributed by atoms with E-state index in [1.165, 1.54) is 17.4 Å². The largest absolute Gasteiger partial charge is 0.497 e. The van der Waals surface area contributed by atoms with Crippen LogP contribution in [0.3, 0.4) is 0 Å². The summed E-state index contributed by atoms with van der Waals surface area (Å²) in [5.74, 6) is -0.949. The van der Waals surface area contributed by atoms with Crippen molar-refractivity contribution >= 4 is 22.9 Å². The lowest BCUT2D eigenvalue weighted by molar-refractivity contribution is 0.102. The second-order valence-electron chi connectivity index (χ2n) is 6.75. The van der Waals surface area contributed by atoms with Gasteiger partial charge in [0.05, 0.1) is 12.7 Å². The van der Waals surface area contributed by atoms with E-state index >= 15 is 0 Å². The van der Waals surface area contributed by atoms with Gasteiger partial charge in [-0.25, -0.2) is 13.8 Å². The van der Waals surface area contributed by atoms with Crippen LogP contribution >= 0.6 is 11.3 Å². The maximum atomic E-state index is 13.4. The second kappa shape index (κ2) is 9.57. The molecular weight excluding hydrogens is 434 g/mol. The number of anilines is 1. The smallest absolute Gasteiger partial charge is 0.275 e. The highest BCUT2D eigenvalue weighted by Crippen LogP contribution is 2.33. The number of halogens is 2. The molecule has 0 aliphatic carbocycles. The first-order valence-electron chi connectivity index (χ1n) is 9.60. The van der Waals surface area contributed by atoms with Crippen LogP contribution in [-0.2, 0) is 6.61 Å². The number of nitrogens with zero attached hydrogens (tertiary/aromatic N) is 1. The highest BCUT2D eigenvalue weighted by molar-refractivity contribution is 7.13. The van der Waals surface area contributed by atoms with Crippen LogP contribution in [-0.4, -0.2) is 18.0 Å². The van der Waals surface area contributed by atoms with Gasteiger partial charge < -0.3 is 14.8 Å². The van der Waals surface area contributed by atoms with Crippen molar-refractivity contribution in [1.29, 1.82) is 0 Å². The van der Waals surface area contributed by atoms with Gasteiger partial charge in [0.2, 0.25) is 0 Å². The number of benzene rings is 3. The van der Waals surface area contributed by atoms with Gasteiger partial charge in [0.15, 0.2) is 11.6 Å². The van der Waals surface area contributed by atoms with E-state index in [0.717, 1.165) is 12.1 Å². The number of para-hydroxylation sites is 1. The topological polar surface area (TPSA) is 60.5 Å². The van der Waals surface area contributed by atoms with Crippen LogP contribution in [0, 0.1) is 11.6 Å². The monoisotopic (exact) mass is 452 g/mol. The Morgan fingerprint density at radius 3 is 2.56 bits per heavy atom. The van der Waals surface area contributed by atoms with Crippen LogP contribution in [0.2, 0.25) is 0 Å². The fourth-order valence-electron chi connectivity index (χ4n) is 2.93. The molecule has 1 aromatic heterocycles. The molecule has 0 atom stereocenters. The minimum Gasteiger partial charge on any atom is -0.497 e. The van der Waals surface area contributed by atoms with Gasteiger partial charge in [0, 0.05) is 11.1 Å². The standard InChI is InChI=1S/C24H18F2N2O3S/c1-30-17-9-7-16(8-10-17)27-23(29)21-14-32-24(28-21)18-4-2-3-5-22(18)31-13-15-6-11-19(25)20(26)12-15/h2-12,14H,13H2,1H3,(H,27,29). The van der Waals surface area contributed by atoms with Gasteiger partial charge in [-0.1, -0.05) is 18.2 Å². The SMILES string of the molecule is COc1ccc(NC(=O)c2csc(-c3ccccc3OCc3ccc(F)c(F)c3)n2)cc1. The number of hydrogen-bond acceptors (Lipinski definition) is 5. The van der Waals surface area contributed by atoms with Crippen molar-refractivity contribution in [2.75, 3.05) is 12.4 Å². The summed E-state index contributed by atoms with van der Waals surface area (Å²) in [5, 5.41) is 5.07. The number of rotatable bonds is 7. The van der Waals surface area contributed by atoms with E-state index in [2.05, 4.69) is 10.3 Å². The maximum absolute atomic E-state index is 13.4. The second-order valence-corrected chi connectivity index (χ2v) is 7.61. The summed E-state index contributed by atoms with van der Waals surface area (Å²) in [7, 11) is 1.57.